The van der Waals surface area contributed by atoms with Crippen molar-refractivity contribution in [2.75, 3.05) is 7.11 Å². The predicted molar refractivity (Wildman–Crippen MR) is 63.3 cm³/mol. The Balaban J connectivity index is 2.64. The van der Waals surface area contributed by atoms with E-state index >= 15 is 0 Å². The summed E-state index contributed by atoms with van der Waals surface area (Å²) in [6.45, 7) is 3.35. The first-order valence-corrected chi connectivity index (χ1v) is 5.10. The second-order valence-corrected chi connectivity index (χ2v) is 3.43. The van der Waals surface area contributed by atoms with Crippen LogP contribution in [-0.2, 0) is 9.53 Å². The highest BCUT2D eigenvalue weighted by atomic mass is 16.7. The molecule has 1 atom stereocenters. The summed E-state index contributed by atoms with van der Waals surface area (Å²) in [5.74, 6) is 0.780. The van der Waals surface area contributed by atoms with E-state index in [0.29, 0.717) is 0 Å². The van der Waals surface area contributed by atoms with Gasteiger partial charge in [0.1, 0.15) is 5.75 Å². The molecule has 0 aliphatic heterocycles. The quantitative estimate of drug-likeness (QED) is 0.565. The lowest BCUT2D eigenvalue weighted by Crippen LogP contribution is -2.13. The Bertz CT molecular complexity index is 365. The molecule has 3 nitrogen and oxygen atoms in total. The van der Waals surface area contributed by atoms with E-state index < -0.39 is 0 Å². The van der Waals surface area contributed by atoms with Crippen molar-refractivity contribution in [2.45, 2.75) is 20.1 Å². The summed E-state index contributed by atoms with van der Waals surface area (Å²) in [5.41, 5.74) is 0.965. The first-order valence-electron chi connectivity index (χ1n) is 5.10. The Hall–Kier alpha value is -1.61. The van der Waals surface area contributed by atoms with E-state index in [-0.39, 0.29) is 12.1 Å². The molecule has 0 aliphatic rings. The molecule has 0 amide bonds. The number of ether oxygens (including phenoxy) is 2. The molecule has 0 bridgehead atoms. The van der Waals surface area contributed by atoms with Gasteiger partial charge in [-0.2, -0.15) is 0 Å². The third kappa shape index (κ3) is 4.28. The van der Waals surface area contributed by atoms with Crippen molar-refractivity contribution in [1.29, 1.82) is 0 Å². The minimum Gasteiger partial charge on any atom is -0.465 e. The topological polar surface area (TPSA) is 35.5 Å². The first-order chi connectivity index (χ1) is 7.61. The number of carbonyl (C=O) groups is 1. The van der Waals surface area contributed by atoms with Crippen LogP contribution in [0.5, 0.6) is 5.75 Å². The third-order valence-electron chi connectivity index (χ3n) is 2.02. The predicted octanol–water partition coefficient (Wildman–Crippen LogP) is 2.66. The van der Waals surface area contributed by atoms with Crippen molar-refractivity contribution >= 4 is 11.9 Å². The van der Waals surface area contributed by atoms with E-state index in [1.54, 1.807) is 13.2 Å². The molecular weight excluding hydrogens is 204 g/mol. The van der Waals surface area contributed by atoms with Gasteiger partial charge >= 0.3 is 0 Å². The Morgan fingerprint density at radius 2 is 1.94 bits per heavy atom. The minimum absolute atomic E-state index is 0.0355. The molecule has 0 aromatic heterocycles. The van der Waals surface area contributed by atoms with E-state index in [9.17, 15) is 4.79 Å². The van der Waals surface area contributed by atoms with Crippen molar-refractivity contribution in [3.05, 3.63) is 35.9 Å². The SMILES string of the molecule is COC(C)Oc1ccc(/C=C/C(C)=O)cc1. The van der Waals surface area contributed by atoms with Gasteiger partial charge < -0.3 is 9.47 Å². The average molecular weight is 220 g/mol. The third-order valence-corrected chi connectivity index (χ3v) is 2.02. The normalized spacial score (nSPS) is 12.7. The highest BCUT2D eigenvalue weighted by molar-refractivity contribution is 5.91. The van der Waals surface area contributed by atoms with Crippen molar-refractivity contribution < 1.29 is 14.3 Å². The van der Waals surface area contributed by atoms with Gasteiger partial charge in [0.05, 0.1) is 0 Å². The highest BCUT2D eigenvalue weighted by Gasteiger charge is 2.00. The lowest BCUT2D eigenvalue weighted by molar-refractivity contribution is -0.112. The standard InChI is InChI=1S/C13H16O3/c1-10(14)4-5-12-6-8-13(9-7-12)16-11(2)15-3/h4-9,11H,1-3H3/b5-4+. The summed E-state index contributed by atoms with van der Waals surface area (Å²) < 4.78 is 10.4. The van der Waals surface area contributed by atoms with Crippen LogP contribution in [0.2, 0.25) is 0 Å². The Morgan fingerprint density at radius 1 is 1.31 bits per heavy atom. The smallest absolute Gasteiger partial charge is 0.196 e. The molecule has 0 heterocycles. The molecule has 0 aliphatic carbocycles. The fourth-order valence-electron chi connectivity index (χ4n) is 1.11. The van der Waals surface area contributed by atoms with Gasteiger partial charge in [0.2, 0.25) is 0 Å². The maximum atomic E-state index is 10.7. The molecule has 0 spiro atoms. The average Bonchev–Trinajstić information content (AvgIpc) is 2.28. The monoisotopic (exact) mass is 220 g/mol. The molecule has 0 fully saturated rings. The number of benzene rings is 1. The van der Waals surface area contributed by atoms with E-state index in [1.807, 2.05) is 31.2 Å². The molecule has 86 valence electrons. The van der Waals surface area contributed by atoms with Gasteiger partial charge in [-0.3, -0.25) is 4.79 Å². The van der Waals surface area contributed by atoms with Gasteiger partial charge in [-0.1, -0.05) is 18.2 Å². The van der Waals surface area contributed by atoms with Crippen LogP contribution >= 0.6 is 0 Å². The highest BCUT2D eigenvalue weighted by Crippen LogP contribution is 2.14. The number of carbonyl (C=O) groups excluding carboxylic acids is 1. The van der Waals surface area contributed by atoms with E-state index in [4.69, 9.17) is 9.47 Å². The zero-order valence-electron chi connectivity index (χ0n) is 9.77. The summed E-state index contributed by atoms with van der Waals surface area (Å²) in [6, 6.07) is 7.46. The molecule has 1 aromatic rings. The van der Waals surface area contributed by atoms with E-state index in [1.165, 1.54) is 13.0 Å². The van der Waals surface area contributed by atoms with Crippen LogP contribution < -0.4 is 4.74 Å². The molecule has 1 rings (SSSR count). The molecule has 1 aromatic carbocycles. The number of ketones is 1. The lowest BCUT2D eigenvalue weighted by Gasteiger charge is -2.12. The number of hydrogen-bond acceptors (Lipinski definition) is 3. The number of allylic oxidation sites excluding steroid dienone is 1. The van der Waals surface area contributed by atoms with Crippen LogP contribution in [0, 0.1) is 0 Å². The molecule has 0 saturated heterocycles. The second kappa shape index (κ2) is 6.08. The fourth-order valence-corrected chi connectivity index (χ4v) is 1.11. The number of rotatable bonds is 5. The van der Waals surface area contributed by atoms with Crippen LogP contribution in [-0.4, -0.2) is 19.2 Å². The molecule has 3 heteroatoms. The molecule has 16 heavy (non-hydrogen) atoms. The number of hydrogen-bond donors (Lipinski definition) is 0. The summed E-state index contributed by atoms with van der Waals surface area (Å²) in [6.07, 6.45) is 3.04. The van der Waals surface area contributed by atoms with Gasteiger partial charge in [0, 0.05) is 7.11 Å². The molecule has 0 radical (unpaired) electrons. The summed E-state index contributed by atoms with van der Waals surface area (Å²) in [7, 11) is 1.59. The lowest BCUT2D eigenvalue weighted by atomic mass is 10.2. The van der Waals surface area contributed by atoms with Gasteiger partial charge in [-0.15, -0.1) is 0 Å². The maximum absolute atomic E-state index is 10.7. The largest absolute Gasteiger partial charge is 0.465 e. The zero-order chi connectivity index (χ0) is 12.0. The van der Waals surface area contributed by atoms with Crippen molar-refractivity contribution in [1.82, 2.24) is 0 Å². The van der Waals surface area contributed by atoms with Gasteiger partial charge in [0.15, 0.2) is 12.1 Å². The van der Waals surface area contributed by atoms with Crippen molar-refractivity contribution in [2.24, 2.45) is 0 Å². The molecule has 0 N–H and O–H groups in total. The maximum Gasteiger partial charge on any atom is 0.196 e. The van der Waals surface area contributed by atoms with Gasteiger partial charge in [0.25, 0.3) is 0 Å². The Kier molecular flexibility index (Phi) is 4.73. The van der Waals surface area contributed by atoms with Crippen LogP contribution in [0.4, 0.5) is 0 Å². The number of methoxy groups -OCH3 is 1. The summed E-state index contributed by atoms with van der Waals surface area (Å²) in [4.78, 5) is 10.7. The van der Waals surface area contributed by atoms with E-state index in [0.717, 1.165) is 11.3 Å². The molecule has 1 unspecified atom stereocenters. The van der Waals surface area contributed by atoms with Crippen molar-refractivity contribution in [3.8, 4) is 5.75 Å². The van der Waals surface area contributed by atoms with E-state index in [2.05, 4.69) is 0 Å². The summed E-state index contributed by atoms with van der Waals surface area (Å²) in [5, 5.41) is 0. The summed E-state index contributed by atoms with van der Waals surface area (Å²) >= 11 is 0. The van der Waals surface area contributed by atoms with Gasteiger partial charge in [-0.05, 0) is 37.6 Å². The van der Waals surface area contributed by atoms with Crippen LogP contribution in [0.1, 0.15) is 19.4 Å². The fraction of sp³-hybridized carbons (Fsp3) is 0.308. The minimum atomic E-state index is -0.265. The molecule has 0 saturated carbocycles. The van der Waals surface area contributed by atoms with Crippen molar-refractivity contribution in [3.63, 3.8) is 0 Å². The zero-order valence-corrected chi connectivity index (χ0v) is 9.77. The second-order valence-electron chi connectivity index (χ2n) is 3.43. The van der Waals surface area contributed by atoms with Gasteiger partial charge in [-0.25, -0.2) is 0 Å². The van der Waals surface area contributed by atoms with Crippen LogP contribution in [0.25, 0.3) is 6.08 Å². The molecular formula is C13H16O3. The Labute approximate surface area is 95.7 Å². The first kappa shape index (κ1) is 12.5. The van der Waals surface area contributed by atoms with Crippen LogP contribution in [0.15, 0.2) is 30.3 Å². The van der Waals surface area contributed by atoms with Crippen LogP contribution in [0.3, 0.4) is 0 Å². The Morgan fingerprint density at radius 3 is 2.44 bits per heavy atom.